The van der Waals surface area contributed by atoms with Crippen LogP contribution in [-0.4, -0.2) is 30.0 Å². The minimum Gasteiger partial charge on any atom is -0.489 e. The molecule has 0 aliphatic rings. The molecule has 0 saturated carbocycles. The first-order valence-electron chi connectivity index (χ1n) is 6.86. The molecule has 2 aromatic rings. The first kappa shape index (κ1) is 15.9. The highest BCUT2D eigenvalue weighted by Gasteiger charge is 2.13. The van der Waals surface area contributed by atoms with Gasteiger partial charge in [-0.15, -0.1) is 0 Å². The van der Waals surface area contributed by atoms with Crippen molar-refractivity contribution in [3.63, 3.8) is 0 Å². The SMILES string of the molecule is CN(CCOc1ccccc1F)Cc1ccccc1[N+](=O)[O-]. The summed E-state index contributed by atoms with van der Waals surface area (Å²) in [5.41, 5.74) is 0.741. The van der Waals surface area contributed by atoms with Crippen molar-refractivity contribution < 1.29 is 14.1 Å². The van der Waals surface area contributed by atoms with Crippen LogP contribution in [0, 0.1) is 15.9 Å². The smallest absolute Gasteiger partial charge is 0.273 e. The van der Waals surface area contributed by atoms with Crippen molar-refractivity contribution in [1.82, 2.24) is 4.90 Å². The van der Waals surface area contributed by atoms with Crippen LogP contribution >= 0.6 is 0 Å². The molecule has 0 saturated heterocycles. The second-order valence-electron chi connectivity index (χ2n) is 4.90. The van der Waals surface area contributed by atoms with Gasteiger partial charge >= 0.3 is 0 Å². The van der Waals surface area contributed by atoms with Gasteiger partial charge in [0.1, 0.15) is 6.61 Å². The van der Waals surface area contributed by atoms with Crippen LogP contribution in [0.15, 0.2) is 48.5 Å². The normalized spacial score (nSPS) is 10.7. The average Bonchev–Trinajstić information content (AvgIpc) is 2.49. The lowest BCUT2D eigenvalue weighted by atomic mass is 10.1. The van der Waals surface area contributed by atoms with Crippen LogP contribution in [0.2, 0.25) is 0 Å². The summed E-state index contributed by atoms with van der Waals surface area (Å²) >= 11 is 0. The zero-order chi connectivity index (χ0) is 15.9. The average molecular weight is 304 g/mol. The maximum atomic E-state index is 13.4. The molecule has 116 valence electrons. The van der Waals surface area contributed by atoms with Crippen molar-refractivity contribution in [1.29, 1.82) is 0 Å². The van der Waals surface area contributed by atoms with Gasteiger partial charge in [-0.1, -0.05) is 30.3 Å². The second-order valence-corrected chi connectivity index (χ2v) is 4.90. The third-order valence-corrected chi connectivity index (χ3v) is 3.20. The minimum atomic E-state index is -0.399. The van der Waals surface area contributed by atoms with Gasteiger partial charge in [0.25, 0.3) is 5.69 Å². The van der Waals surface area contributed by atoms with Gasteiger partial charge in [-0.05, 0) is 19.2 Å². The molecule has 0 atom stereocenters. The highest BCUT2D eigenvalue weighted by molar-refractivity contribution is 5.39. The van der Waals surface area contributed by atoms with Crippen LogP contribution in [0.3, 0.4) is 0 Å². The molecule has 0 aromatic heterocycles. The fraction of sp³-hybridized carbons (Fsp3) is 0.250. The molecular formula is C16H17FN2O3. The van der Waals surface area contributed by atoms with Crippen molar-refractivity contribution in [3.05, 3.63) is 70.0 Å². The molecule has 0 fully saturated rings. The molecule has 0 aliphatic heterocycles. The summed E-state index contributed by atoms with van der Waals surface area (Å²) in [6.45, 7) is 1.26. The first-order chi connectivity index (χ1) is 10.6. The molecule has 2 rings (SSSR count). The third-order valence-electron chi connectivity index (χ3n) is 3.20. The van der Waals surface area contributed by atoms with E-state index in [-0.39, 0.29) is 16.4 Å². The molecule has 0 N–H and O–H groups in total. The van der Waals surface area contributed by atoms with Crippen molar-refractivity contribution in [2.45, 2.75) is 6.54 Å². The van der Waals surface area contributed by atoms with Gasteiger partial charge in [-0.25, -0.2) is 4.39 Å². The number of hydrogen-bond donors (Lipinski definition) is 0. The molecule has 0 amide bonds. The van der Waals surface area contributed by atoms with E-state index in [0.717, 1.165) is 0 Å². The Morgan fingerprint density at radius 2 is 1.86 bits per heavy atom. The Labute approximate surface area is 128 Å². The Balaban J connectivity index is 1.87. The van der Waals surface area contributed by atoms with Crippen LogP contribution in [0.1, 0.15) is 5.56 Å². The maximum absolute atomic E-state index is 13.4. The molecule has 2 aromatic carbocycles. The van der Waals surface area contributed by atoms with E-state index in [4.69, 9.17) is 4.74 Å². The summed E-state index contributed by atoms with van der Waals surface area (Å²) in [7, 11) is 1.83. The van der Waals surface area contributed by atoms with Crippen LogP contribution in [0.4, 0.5) is 10.1 Å². The van der Waals surface area contributed by atoms with Gasteiger partial charge in [0, 0.05) is 24.7 Å². The lowest BCUT2D eigenvalue weighted by Crippen LogP contribution is -2.24. The molecule has 22 heavy (non-hydrogen) atoms. The fourth-order valence-corrected chi connectivity index (χ4v) is 2.07. The summed E-state index contributed by atoms with van der Waals surface area (Å²) in [6, 6.07) is 12.8. The van der Waals surface area contributed by atoms with Gasteiger partial charge in [0.2, 0.25) is 0 Å². The van der Waals surface area contributed by atoms with Crippen LogP contribution < -0.4 is 4.74 Å². The molecule has 0 heterocycles. The zero-order valence-corrected chi connectivity index (χ0v) is 12.2. The van der Waals surface area contributed by atoms with E-state index in [1.807, 2.05) is 11.9 Å². The lowest BCUT2D eigenvalue weighted by Gasteiger charge is -2.17. The number of benzene rings is 2. The van der Waals surface area contributed by atoms with Gasteiger partial charge in [0.15, 0.2) is 11.6 Å². The van der Waals surface area contributed by atoms with Gasteiger partial charge in [-0.2, -0.15) is 0 Å². The van der Waals surface area contributed by atoms with Gasteiger partial charge < -0.3 is 4.74 Å². The molecular weight excluding hydrogens is 287 g/mol. The molecule has 5 nitrogen and oxygen atoms in total. The predicted octanol–water partition coefficient (Wildman–Crippen LogP) is 3.24. The molecule has 0 aliphatic carbocycles. The highest BCUT2D eigenvalue weighted by Crippen LogP contribution is 2.19. The first-order valence-corrected chi connectivity index (χ1v) is 6.86. The number of rotatable bonds is 7. The van der Waals surface area contributed by atoms with E-state index in [1.54, 1.807) is 36.4 Å². The molecule has 0 unspecified atom stereocenters. The number of nitro groups is 1. The van der Waals surface area contributed by atoms with Crippen LogP contribution in [0.5, 0.6) is 5.75 Å². The van der Waals surface area contributed by atoms with E-state index in [9.17, 15) is 14.5 Å². The minimum absolute atomic E-state index is 0.101. The molecule has 6 heteroatoms. The van der Waals surface area contributed by atoms with E-state index < -0.39 is 5.82 Å². The summed E-state index contributed by atoms with van der Waals surface area (Å²) < 4.78 is 18.8. The third kappa shape index (κ3) is 4.26. The number of para-hydroxylation sites is 2. The Hall–Kier alpha value is -2.47. The van der Waals surface area contributed by atoms with E-state index in [0.29, 0.717) is 25.3 Å². The van der Waals surface area contributed by atoms with Crippen LogP contribution in [0.25, 0.3) is 0 Å². The van der Waals surface area contributed by atoms with Crippen molar-refractivity contribution in [3.8, 4) is 5.75 Å². The van der Waals surface area contributed by atoms with Crippen LogP contribution in [-0.2, 0) is 6.54 Å². The Morgan fingerprint density at radius 1 is 1.18 bits per heavy atom. The standard InChI is InChI=1S/C16H17FN2O3/c1-18(10-11-22-16-9-5-3-7-14(16)17)12-13-6-2-4-8-15(13)19(20)21/h2-9H,10-12H2,1H3. The molecule has 0 radical (unpaired) electrons. The van der Waals surface area contributed by atoms with E-state index in [1.165, 1.54) is 12.1 Å². The summed E-state index contributed by atoms with van der Waals surface area (Å²) in [5.74, 6) is -0.189. The Bertz CT molecular complexity index is 649. The number of hydrogen-bond acceptors (Lipinski definition) is 4. The number of nitro benzene ring substituents is 1. The monoisotopic (exact) mass is 304 g/mol. The number of ether oxygens (including phenoxy) is 1. The maximum Gasteiger partial charge on any atom is 0.273 e. The van der Waals surface area contributed by atoms with Crippen molar-refractivity contribution in [2.75, 3.05) is 20.2 Å². The number of nitrogens with zero attached hydrogens (tertiary/aromatic N) is 2. The topological polar surface area (TPSA) is 55.6 Å². The molecule has 0 bridgehead atoms. The summed E-state index contributed by atoms with van der Waals surface area (Å²) in [4.78, 5) is 12.5. The van der Waals surface area contributed by atoms with Crippen molar-refractivity contribution >= 4 is 5.69 Å². The number of halogens is 1. The van der Waals surface area contributed by atoms with E-state index in [2.05, 4.69) is 0 Å². The zero-order valence-electron chi connectivity index (χ0n) is 12.2. The lowest BCUT2D eigenvalue weighted by molar-refractivity contribution is -0.385. The number of likely N-dealkylation sites (N-methyl/N-ethyl adjacent to an activating group) is 1. The second kappa shape index (κ2) is 7.51. The van der Waals surface area contributed by atoms with E-state index >= 15 is 0 Å². The largest absolute Gasteiger partial charge is 0.489 e. The molecule has 0 spiro atoms. The predicted molar refractivity (Wildman–Crippen MR) is 81.3 cm³/mol. The van der Waals surface area contributed by atoms with Gasteiger partial charge in [-0.3, -0.25) is 15.0 Å². The Morgan fingerprint density at radius 3 is 2.59 bits per heavy atom. The summed E-state index contributed by atoms with van der Waals surface area (Å²) in [5, 5.41) is 11.0. The fourth-order valence-electron chi connectivity index (χ4n) is 2.07. The summed E-state index contributed by atoms with van der Waals surface area (Å²) in [6.07, 6.45) is 0. The quantitative estimate of drug-likeness (QED) is 0.582. The highest BCUT2D eigenvalue weighted by atomic mass is 19.1. The Kier molecular flexibility index (Phi) is 5.43. The van der Waals surface area contributed by atoms with Crippen molar-refractivity contribution in [2.24, 2.45) is 0 Å². The van der Waals surface area contributed by atoms with Gasteiger partial charge in [0.05, 0.1) is 4.92 Å².